The lowest BCUT2D eigenvalue weighted by Crippen LogP contribution is -2.58. The van der Waals surface area contributed by atoms with Crippen LogP contribution in [0.15, 0.2) is 64.6 Å². The minimum Gasteiger partial charge on any atom is -0.374 e. The molecule has 0 saturated heterocycles. The Balaban J connectivity index is 0.00000533. The van der Waals surface area contributed by atoms with E-state index in [0.29, 0.717) is 18.7 Å². The molecule has 1 aliphatic rings. The van der Waals surface area contributed by atoms with E-state index in [2.05, 4.69) is 26.6 Å². The van der Waals surface area contributed by atoms with Gasteiger partial charge in [0.1, 0.15) is 6.04 Å². The molecule has 0 aliphatic carbocycles. The molecule has 0 spiro atoms. The van der Waals surface area contributed by atoms with Gasteiger partial charge >= 0.3 is 0 Å². The van der Waals surface area contributed by atoms with E-state index in [4.69, 9.17) is 10.5 Å². The highest BCUT2D eigenvalue weighted by molar-refractivity contribution is 9.10. The Labute approximate surface area is 245 Å². The molecule has 39 heavy (non-hydrogen) atoms. The molecule has 3 rings (SSSR count). The molecule has 8 nitrogen and oxygen atoms in total. The minimum absolute atomic E-state index is 0. The first-order valence-corrected chi connectivity index (χ1v) is 13.4. The van der Waals surface area contributed by atoms with Crippen molar-refractivity contribution in [3.8, 4) is 0 Å². The van der Waals surface area contributed by atoms with Crippen molar-refractivity contribution in [3.63, 3.8) is 0 Å². The first kappa shape index (κ1) is 32.5. The quantitative estimate of drug-likeness (QED) is 0.353. The number of carbonyl (C=O) groups is 3. The van der Waals surface area contributed by atoms with Crippen molar-refractivity contribution in [3.05, 3.63) is 75.8 Å². The SMILES string of the molecule is CCN(CC1=C(c2ccc(Br)cc2)C(=O)NC1(C)C)C(=O)[C@@H](COCc1ccccc1)NC(=O)C(C)(C)N.Cl. The number of nitrogens with two attached hydrogens (primary N) is 1. The van der Waals surface area contributed by atoms with Crippen LogP contribution in [0.4, 0.5) is 0 Å². The molecule has 0 fully saturated rings. The molecule has 0 radical (unpaired) electrons. The van der Waals surface area contributed by atoms with Crippen LogP contribution in [-0.4, -0.2) is 59.4 Å². The molecule has 1 heterocycles. The van der Waals surface area contributed by atoms with Crippen LogP contribution in [-0.2, 0) is 25.7 Å². The predicted octanol–water partition coefficient (Wildman–Crippen LogP) is 3.82. The molecule has 4 N–H and O–H groups in total. The van der Waals surface area contributed by atoms with Crippen LogP contribution in [0.5, 0.6) is 0 Å². The second-order valence-corrected chi connectivity index (χ2v) is 11.5. The van der Waals surface area contributed by atoms with E-state index < -0.39 is 23.0 Å². The van der Waals surface area contributed by atoms with Crippen LogP contribution in [0.2, 0.25) is 0 Å². The molecular weight excluding hydrogens is 584 g/mol. The summed E-state index contributed by atoms with van der Waals surface area (Å²) >= 11 is 3.44. The Bertz CT molecular complexity index is 1190. The second-order valence-electron chi connectivity index (χ2n) is 10.5. The molecule has 0 bridgehead atoms. The highest BCUT2D eigenvalue weighted by Gasteiger charge is 2.40. The molecule has 2 aromatic carbocycles. The van der Waals surface area contributed by atoms with Gasteiger partial charge in [-0.3, -0.25) is 14.4 Å². The van der Waals surface area contributed by atoms with Gasteiger partial charge in [-0.05, 0) is 63.5 Å². The Morgan fingerprint density at radius 3 is 2.31 bits per heavy atom. The van der Waals surface area contributed by atoms with Crippen molar-refractivity contribution in [1.82, 2.24) is 15.5 Å². The van der Waals surface area contributed by atoms with E-state index in [1.54, 1.807) is 18.7 Å². The molecule has 1 atom stereocenters. The zero-order chi connectivity index (χ0) is 28.1. The lowest BCUT2D eigenvalue weighted by molar-refractivity contribution is -0.139. The van der Waals surface area contributed by atoms with Crippen LogP contribution in [0.3, 0.4) is 0 Å². The fourth-order valence-electron chi connectivity index (χ4n) is 4.21. The first-order valence-electron chi connectivity index (χ1n) is 12.7. The topological polar surface area (TPSA) is 114 Å². The molecule has 212 valence electrons. The third kappa shape index (κ3) is 8.38. The van der Waals surface area contributed by atoms with E-state index in [9.17, 15) is 14.4 Å². The van der Waals surface area contributed by atoms with Crippen LogP contribution >= 0.6 is 28.3 Å². The number of nitrogens with zero attached hydrogens (tertiary/aromatic N) is 1. The maximum Gasteiger partial charge on any atom is 0.252 e. The lowest BCUT2D eigenvalue weighted by atomic mass is 9.90. The van der Waals surface area contributed by atoms with Gasteiger partial charge in [-0.2, -0.15) is 0 Å². The number of likely N-dealkylation sites (N-methyl/N-ethyl adjacent to an activating group) is 1. The summed E-state index contributed by atoms with van der Waals surface area (Å²) in [5, 5.41) is 5.81. The molecule has 0 saturated carbocycles. The number of halogens is 2. The summed E-state index contributed by atoms with van der Waals surface area (Å²) in [5.74, 6) is -0.948. The largest absolute Gasteiger partial charge is 0.374 e. The summed E-state index contributed by atoms with van der Waals surface area (Å²) in [6.07, 6.45) is 0. The molecular formula is C29H38BrClN4O4. The number of carbonyl (C=O) groups excluding carboxylic acids is 3. The maximum absolute atomic E-state index is 13.8. The second kappa shape index (κ2) is 13.6. The van der Waals surface area contributed by atoms with Crippen molar-refractivity contribution in [2.45, 2.75) is 58.3 Å². The average Bonchev–Trinajstić information content (AvgIpc) is 3.08. The summed E-state index contributed by atoms with van der Waals surface area (Å²) in [5.41, 5.74) is 7.25. The summed E-state index contributed by atoms with van der Waals surface area (Å²) in [6, 6.07) is 16.2. The number of hydrogen-bond donors (Lipinski definition) is 3. The number of rotatable bonds is 11. The van der Waals surface area contributed by atoms with Gasteiger partial charge < -0.3 is 26.0 Å². The Morgan fingerprint density at radius 2 is 1.74 bits per heavy atom. The number of benzene rings is 2. The number of amides is 3. The van der Waals surface area contributed by atoms with Gasteiger partial charge in [0.05, 0.1) is 24.3 Å². The Hall–Kier alpha value is -2.72. The third-order valence-electron chi connectivity index (χ3n) is 6.47. The smallest absolute Gasteiger partial charge is 0.252 e. The van der Waals surface area contributed by atoms with Crippen molar-refractivity contribution in [2.24, 2.45) is 5.73 Å². The van der Waals surface area contributed by atoms with E-state index in [1.807, 2.05) is 75.4 Å². The summed E-state index contributed by atoms with van der Waals surface area (Å²) in [7, 11) is 0. The highest BCUT2D eigenvalue weighted by atomic mass is 79.9. The van der Waals surface area contributed by atoms with E-state index in [-0.39, 0.29) is 37.4 Å². The van der Waals surface area contributed by atoms with Gasteiger partial charge in [0.25, 0.3) is 5.91 Å². The highest BCUT2D eigenvalue weighted by Crippen LogP contribution is 2.34. The molecule has 0 aromatic heterocycles. The summed E-state index contributed by atoms with van der Waals surface area (Å²) in [4.78, 5) is 41.2. The number of ether oxygens (including phenoxy) is 1. The molecule has 3 amide bonds. The van der Waals surface area contributed by atoms with E-state index >= 15 is 0 Å². The van der Waals surface area contributed by atoms with Gasteiger partial charge in [0.2, 0.25) is 11.8 Å². The number of nitrogens with one attached hydrogen (secondary N) is 2. The Kier molecular flexibility index (Phi) is 11.3. The lowest BCUT2D eigenvalue weighted by Gasteiger charge is -2.32. The molecule has 10 heteroatoms. The standard InChI is InChI=1S/C29H37BrN4O4.ClH/c1-6-34(16-22-24(25(35)33-29(22,4)5)20-12-14-21(30)15-13-20)26(36)23(32-27(37)28(2,3)31)18-38-17-19-10-8-7-9-11-19;/h7-15,23H,6,16-18,31H2,1-5H3,(H,32,37)(H,33,35);1H/t23-;/m1./s1. The fourth-order valence-corrected chi connectivity index (χ4v) is 4.48. The van der Waals surface area contributed by atoms with Gasteiger partial charge in [-0.15, -0.1) is 12.4 Å². The van der Waals surface area contributed by atoms with Gasteiger partial charge in [-0.1, -0.05) is 58.4 Å². The van der Waals surface area contributed by atoms with Crippen LogP contribution in [0, 0.1) is 0 Å². The molecule has 1 aliphatic heterocycles. The van der Waals surface area contributed by atoms with Crippen LogP contribution < -0.4 is 16.4 Å². The minimum atomic E-state index is -1.17. The predicted molar refractivity (Wildman–Crippen MR) is 159 cm³/mol. The van der Waals surface area contributed by atoms with Gasteiger partial charge in [-0.25, -0.2) is 0 Å². The first-order chi connectivity index (χ1) is 17.8. The van der Waals surface area contributed by atoms with Crippen LogP contribution in [0.25, 0.3) is 5.57 Å². The summed E-state index contributed by atoms with van der Waals surface area (Å²) in [6.45, 7) is 9.73. The normalized spacial score (nSPS) is 15.3. The Morgan fingerprint density at radius 1 is 1.13 bits per heavy atom. The average molecular weight is 622 g/mol. The van der Waals surface area contributed by atoms with Crippen molar-refractivity contribution in [1.29, 1.82) is 0 Å². The maximum atomic E-state index is 13.8. The monoisotopic (exact) mass is 620 g/mol. The summed E-state index contributed by atoms with van der Waals surface area (Å²) < 4.78 is 6.76. The zero-order valence-corrected chi connectivity index (χ0v) is 25.4. The van der Waals surface area contributed by atoms with Crippen LogP contribution in [0.1, 0.15) is 45.7 Å². The van der Waals surface area contributed by atoms with Gasteiger partial charge in [0, 0.05) is 23.1 Å². The number of hydrogen-bond acceptors (Lipinski definition) is 5. The van der Waals surface area contributed by atoms with E-state index in [1.165, 1.54) is 0 Å². The zero-order valence-electron chi connectivity index (χ0n) is 23.0. The van der Waals surface area contributed by atoms with Crippen molar-refractivity contribution < 1.29 is 19.1 Å². The molecule has 0 unspecified atom stereocenters. The molecule has 2 aromatic rings. The van der Waals surface area contributed by atoms with Crippen molar-refractivity contribution >= 4 is 51.6 Å². The van der Waals surface area contributed by atoms with Crippen molar-refractivity contribution in [2.75, 3.05) is 19.7 Å². The van der Waals surface area contributed by atoms with Gasteiger partial charge in [0.15, 0.2) is 0 Å². The fraction of sp³-hybridized carbons (Fsp3) is 0.414. The van der Waals surface area contributed by atoms with E-state index in [0.717, 1.165) is 21.2 Å². The third-order valence-corrected chi connectivity index (χ3v) is 7.00.